The average Bonchev–Trinajstić information content (AvgIpc) is 1.62. The minimum absolute atomic E-state index is 0.815. The predicted molar refractivity (Wildman–Crippen MR) is 28.9 cm³/mol. The lowest BCUT2D eigenvalue weighted by Crippen LogP contribution is -2.35. The van der Waals surface area contributed by atoms with Crippen LogP contribution < -0.4 is 5.73 Å². The van der Waals surface area contributed by atoms with Crippen LogP contribution in [0.1, 0.15) is 13.8 Å². The van der Waals surface area contributed by atoms with Crippen LogP contribution in [0.2, 0.25) is 0 Å². The van der Waals surface area contributed by atoms with E-state index in [-0.39, 0.29) is 0 Å². The molecule has 0 fully saturated rings. The topological polar surface area (TPSA) is 26.0 Å². The van der Waals surface area contributed by atoms with Crippen molar-refractivity contribution in [1.29, 1.82) is 0 Å². The highest BCUT2D eigenvalue weighted by molar-refractivity contribution is 4.70. The summed E-state index contributed by atoms with van der Waals surface area (Å²) >= 11 is 0. The van der Waals surface area contributed by atoms with E-state index in [0.29, 0.717) is 0 Å². The van der Waals surface area contributed by atoms with Gasteiger partial charge in [-0.3, -0.25) is 0 Å². The van der Waals surface area contributed by atoms with Crippen molar-refractivity contribution < 1.29 is 13.2 Å². The molecular weight excluding hydrogens is 131 g/mol. The van der Waals surface area contributed by atoms with Gasteiger partial charge in [-0.15, -0.1) is 0 Å². The molecule has 2 atom stereocenters. The third-order valence-corrected chi connectivity index (χ3v) is 1.30. The largest absolute Gasteiger partial charge is 0.393 e. The molecule has 2 N–H and O–H groups in total. The van der Waals surface area contributed by atoms with E-state index in [0.717, 1.165) is 6.92 Å². The molecule has 0 aromatic heterocycles. The minimum Gasteiger partial charge on any atom is -0.327 e. The summed E-state index contributed by atoms with van der Waals surface area (Å²) in [6.07, 6.45) is -4.14. The molecule has 0 aliphatic heterocycles. The second kappa shape index (κ2) is 2.56. The van der Waals surface area contributed by atoms with E-state index in [9.17, 15) is 13.2 Å². The first-order chi connectivity index (χ1) is 3.85. The van der Waals surface area contributed by atoms with Crippen molar-refractivity contribution in [3.8, 4) is 0 Å². The summed E-state index contributed by atoms with van der Waals surface area (Å²) in [4.78, 5) is 0. The number of nitrogens with two attached hydrogens (primary N) is 1. The molecule has 0 aliphatic rings. The van der Waals surface area contributed by atoms with Gasteiger partial charge >= 0.3 is 6.18 Å². The van der Waals surface area contributed by atoms with Crippen LogP contribution in [0.5, 0.6) is 0 Å². The Morgan fingerprint density at radius 2 is 1.56 bits per heavy atom. The van der Waals surface area contributed by atoms with Crippen molar-refractivity contribution in [1.82, 2.24) is 0 Å². The highest BCUT2D eigenvalue weighted by atomic mass is 19.4. The van der Waals surface area contributed by atoms with Gasteiger partial charge in [-0.1, -0.05) is 6.92 Å². The van der Waals surface area contributed by atoms with Gasteiger partial charge in [0.05, 0.1) is 5.92 Å². The Kier molecular flexibility index (Phi) is 2.49. The summed E-state index contributed by atoms with van der Waals surface area (Å²) in [5, 5.41) is 0. The van der Waals surface area contributed by atoms with Gasteiger partial charge in [-0.2, -0.15) is 13.2 Å². The van der Waals surface area contributed by atoms with Crippen LogP contribution in [0.25, 0.3) is 0 Å². The fourth-order valence-corrected chi connectivity index (χ4v) is 0.298. The number of alkyl halides is 3. The van der Waals surface area contributed by atoms with E-state index in [2.05, 4.69) is 0 Å². The van der Waals surface area contributed by atoms with Crippen LogP contribution in [0.3, 0.4) is 0 Å². The summed E-state index contributed by atoms with van der Waals surface area (Å²) < 4.78 is 34.9. The Hall–Kier alpha value is -0.250. The molecule has 0 aromatic rings. The van der Waals surface area contributed by atoms with Crippen LogP contribution in [-0.2, 0) is 0 Å². The zero-order chi connectivity index (χ0) is 7.65. The Labute approximate surface area is 52.0 Å². The summed E-state index contributed by atoms with van der Waals surface area (Å²) in [6, 6.07) is -0.815. The molecule has 4 heteroatoms. The molecular formula is C5H10F3N. The van der Waals surface area contributed by atoms with Gasteiger partial charge in [0.2, 0.25) is 0 Å². The van der Waals surface area contributed by atoms with E-state index in [1.807, 2.05) is 0 Å². The van der Waals surface area contributed by atoms with Gasteiger partial charge in [0, 0.05) is 6.04 Å². The van der Waals surface area contributed by atoms with E-state index >= 15 is 0 Å². The van der Waals surface area contributed by atoms with Gasteiger partial charge in [0.1, 0.15) is 0 Å². The first-order valence-corrected chi connectivity index (χ1v) is 2.68. The maximum absolute atomic E-state index is 11.6. The van der Waals surface area contributed by atoms with E-state index in [1.165, 1.54) is 6.92 Å². The van der Waals surface area contributed by atoms with Crippen LogP contribution in [0.4, 0.5) is 13.2 Å². The Morgan fingerprint density at radius 3 is 1.56 bits per heavy atom. The van der Waals surface area contributed by atoms with Crippen LogP contribution in [0, 0.1) is 5.92 Å². The molecule has 0 radical (unpaired) electrons. The van der Waals surface area contributed by atoms with E-state index in [4.69, 9.17) is 5.73 Å². The average molecular weight is 141 g/mol. The molecule has 0 saturated heterocycles. The quantitative estimate of drug-likeness (QED) is 0.588. The first-order valence-electron chi connectivity index (χ1n) is 2.68. The zero-order valence-electron chi connectivity index (χ0n) is 5.37. The number of hydrogen-bond acceptors (Lipinski definition) is 1. The molecule has 0 heterocycles. The molecule has 0 rings (SSSR count). The Balaban J connectivity index is 3.88. The van der Waals surface area contributed by atoms with E-state index < -0.39 is 18.1 Å². The third kappa shape index (κ3) is 2.70. The second-order valence-electron chi connectivity index (χ2n) is 2.19. The van der Waals surface area contributed by atoms with Gasteiger partial charge in [0.15, 0.2) is 0 Å². The molecule has 0 amide bonds. The molecule has 9 heavy (non-hydrogen) atoms. The van der Waals surface area contributed by atoms with Gasteiger partial charge in [0.25, 0.3) is 0 Å². The molecule has 0 aromatic carbocycles. The van der Waals surface area contributed by atoms with Crippen molar-refractivity contribution in [2.45, 2.75) is 26.1 Å². The smallest absolute Gasteiger partial charge is 0.327 e. The highest BCUT2D eigenvalue weighted by Crippen LogP contribution is 2.26. The Bertz CT molecular complexity index is 86.7. The molecule has 1 nitrogen and oxygen atoms in total. The molecule has 1 unspecified atom stereocenters. The molecule has 0 saturated carbocycles. The molecule has 0 bridgehead atoms. The highest BCUT2D eigenvalue weighted by Gasteiger charge is 2.37. The maximum Gasteiger partial charge on any atom is 0.393 e. The normalized spacial score (nSPS) is 19.3. The fourth-order valence-electron chi connectivity index (χ4n) is 0.298. The fraction of sp³-hybridized carbons (Fsp3) is 1.00. The van der Waals surface area contributed by atoms with Gasteiger partial charge < -0.3 is 5.73 Å². The van der Waals surface area contributed by atoms with E-state index in [1.54, 1.807) is 0 Å². The van der Waals surface area contributed by atoms with Crippen molar-refractivity contribution >= 4 is 0 Å². The van der Waals surface area contributed by atoms with Crippen molar-refractivity contribution in [2.24, 2.45) is 11.7 Å². The summed E-state index contributed by atoms with van der Waals surface area (Å²) in [7, 11) is 0. The Morgan fingerprint density at radius 1 is 1.22 bits per heavy atom. The zero-order valence-corrected chi connectivity index (χ0v) is 5.37. The van der Waals surface area contributed by atoms with Gasteiger partial charge in [-0.05, 0) is 6.92 Å². The maximum atomic E-state index is 11.6. The first kappa shape index (κ1) is 8.75. The van der Waals surface area contributed by atoms with Crippen LogP contribution in [-0.4, -0.2) is 12.2 Å². The van der Waals surface area contributed by atoms with Crippen LogP contribution in [0.15, 0.2) is 0 Å². The predicted octanol–water partition coefficient (Wildman–Crippen LogP) is 1.53. The monoisotopic (exact) mass is 141 g/mol. The number of rotatable bonds is 1. The lowest BCUT2D eigenvalue weighted by atomic mass is 10.1. The van der Waals surface area contributed by atoms with Crippen molar-refractivity contribution in [2.75, 3.05) is 0 Å². The number of halogens is 3. The lowest BCUT2D eigenvalue weighted by molar-refractivity contribution is -0.173. The SMILES string of the molecule is CC(N)[C@@H](C)C(F)(F)F. The summed E-state index contributed by atoms with van der Waals surface area (Å²) in [6.45, 7) is 2.42. The minimum atomic E-state index is -4.14. The summed E-state index contributed by atoms with van der Waals surface area (Å²) in [5.74, 6) is -1.41. The second-order valence-corrected chi connectivity index (χ2v) is 2.19. The van der Waals surface area contributed by atoms with Crippen molar-refractivity contribution in [3.63, 3.8) is 0 Å². The molecule has 0 aliphatic carbocycles. The lowest BCUT2D eigenvalue weighted by Gasteiger charge is -2.18. The third-order valence-electron chi connectivity index (χ3n) is 1.30. The number of hydrogen-bond donors (Lipinski definition) is 1. The standard InChI is InChI=1S/C5H10F3N/c1-3(4(2)9)5(6,7)8/h3-4H,9H2,1-2H3/t3-,4?/m1/s1. The van der Waals surface area contributed by atoms with Crippen molar-refractivity contribution in [3.05, 3.63) is 0 Å². The van der Waals surface area contributed by atoms with Crippen LogP contribution >= 0.6 is 0 Å². The molecule has 0 spiro atoms. The molecule has 56 valence electrons. The van der Waals surface area contributed by atoms with Gasteiger partial charge in [-0.25, -0.2) is 0 Å². The summed E-state index contributed by atoms with van der Waals surface area (Å²) in [5.41, 5.74) is 5.00.